The molecule has 0 aliphatic heterocycles. The highest BCUT2D eigenvalue weighted by atomic mass is 79.9. The monoisotopic (exact) mass is 339 g/mol. The normalized spacial score (nSPS) is 10.2. The molecule has 2 N–H and O–H groups in total. The van der Waals surface area contributed by atoms with E-state index in [9.17, 15) is 9.59 Å². The van der Waals surface area contributed by atoms with E-state index >= 15 is 0 Å². The van der Waals surface area contributed by atoms with E-state index in [2.05, 4.69) is 21.2 Å². The van der Waals surface area contributed by atoms with Gasteiger partial charge in [0, 0.05) is 4.88 Å². The zero-order valence-corrected chi connectivity index (χ0v) is 12.1. The highest BCUT2D eigenvalue weighted by Gasteiger charge is 2.15. The molecule has 2 aromatic rings. The molecule has 0 spiro atoms. The minimum atomic E-state index is -1.11. The summed E-state index contributed by atoms with van der Waals surface area (Å²) in [5.41, 5.74) is 0.179. The minimum Gasteiger partial charge on any atom is -0.478 e. The molecule has 0 atom stereocenters. The first kappa shape index (κ1) is 13.8. The van der Waals surface area contributed by atoms with Gasteiger partial charge in [0.1, 0.15) is 0 Å². The standard InChI is InChI=1S/C13H10BrNO3S/c14-11-6-5-8(19-11)7-15-12(16)9-3-1-2-4-10(9)13(17)18/h1-6H,7H2,(H,15,16)(H,17,18). The van der Waals surface area contributed by atoms with Crippen LogP contribution in [0.4, 0.5) is 0 Å². The van der Waals surface area contributed by atoms with Gasteiger partial charge in [-0.3, -0.25) is 4.79 Å². The van der Waals surface area contributed by atoms with Crippen LogP contribution in [0.5, 0.6) is 0 Å². The lowest BCUT2D eigenvalue weighted by Crippen LogP contribution is -2.24. The fourth-order valence-electron chi connectivity index (χ4n) is 1.58. The molecule has 6 heteroatoms. The maximum atomic E-state index is 12.0. The molecule has 98 valence electrons. The lowest BCUT2D eigenvalue weighted by Gasteiger charge is -2.06. The van der Waals surface area contributed by atoms with Crippen molar-refractivity contribution in [3.63, 3.8) is 0 Å². The Labute approximate surface area is 122 Å². The number of carboxylic acids is 1. The third-order valence-corrected chi connectivity index (χ3v) is 4.08. The highest BCUT2D eigenvalue weighted by molar-refractivity contribution is 9.11. The Kier molecular flexibility index (Phi) is 4.34. The molecule has 0 bridgehead atoms. The molecular formula is C13H10BrNO3S. The van der Waals surface area contributed by atoms with Crippen molar-refractivity contribution in [2.75, 3.05) is 0 Å². The molecule has 0 saturated carbocycles. The number of aromatic carboxylic acids is 1. The van der Waals surface area contributed by atoms with E-state index in [1.54, 1.807) is 12.1 Å². The fraction of sp³-hybridized carbons (Fsp3) is 0.0769. The van der Waals surface area contributed by atoms with E-state index in [-0.39, 0.29) is 17.0 Å². The van der Waals surface area contributed by atoms with Gasteiger partial charge in [-0.05, 0) is 40.2 Å². The Bertz CT molecular complexity index is 624. The number of hydrogen-bond donors (Lipinski definition) is 2. The topological polar surface area (TPSA) is 66.4 Å². The van der Waals surface area contributed by atoms with Crippen LogP contribution in [-0.4, -0.2) is 17.0 Å². The number of carboxylic acid groups (broad SMARTS) is 1. The second-order valence-corrected chi connectivity index (χ2v) is 6.29. The van der Waals surface area contributed by atoms with Crippen LogP contribution in [0.2, 0.25) is 0 Å². The van der Waals surface area contributed by atoms with Gasteiger partial charge >= 0.3 is 5.97 Å². The third kappa shape index (κ3) is 3.42. The molecule has 0 saturated heterocycles. The molecule has 1 aromatic carbocycles. The van der Waals surface area contributed by atoms with Gasteiger partial charge in [0.2, 0.25) is 0 Å². The zero-order valence-electron chi connectivity index (χ0n) is 9.72. The molecular weight excluding hydrogens is 330 g/mol. The zero-order chi connectivity index (χ0) is 13.8. The van der Waals surface area contributed by atoms with Crippen LogP contribution >= 0.6 is 27.3 Å². The van der Waals surface area contributed by atoms with Gasteiger partial charge < -0.3 is 10.4 Å². The molecule has 2 rings (SSSR count). The first-order valence-corrected chi connectivity index (χ1v) is 7.03. The molecule has 0 aliphatic carbocycles. The second-order valence-electron chi connectivity index (χ2n) is 3.74. The smallest absolute Gasteiger partial charge is 0.336 e. The van der Waals surface area contributed by atoms with Gasteiger partial charge in [-0.2, -0.15) is 0 Å². The summed E-state index contributed by atoms with van der Waals surface area (Å²) < 4.78 is 0.989. The van der Waals surface area contributed by atoms with Crippen LogP contribution in [0.25, 0.3) is 0 Å². The molecule has 4 nitrogen and oxygen atoms in total. The Morgan fingerprint density at radius 1 is 1.16 bits per heavy atom. The number of thiophene rings is 1. The summed E-state index contributed by atoms with van der Waals surface area (Å²) in [7, 11) is 0. The number of benzene rings is 1. The van der Waals surface area contributed by atoms with E-state index in [1.165, 1.54) is 23.5 Å². The minimum absolute atomic E-state index is 0.00681. The van der Waals surface area contributed by atoms with Crippen molar-refractivity contribution in [3.05, 3.63) is 56.2 Å². The third-order valence-electron chi connectivity index (χ3n) is 2.45. The van der Waals surface area contributed by atoms with Crippen molar-refractivity contribution in [2.45, 2.75) is 6.54 Å². The predicted octanol–water partition coefficient (Wildman–Crippen LogP) is 3.14. The summed E-state index contributed by atoms with van der Waals surface area (Å²) in [6, 6.07) is 9.96. The molecule has 19 heavy (non-hydrogen) atoms. The van der Waals surface area contributed by atoms with Crippen molar-refractivity contribution in [2.24, 2.45) is 0 Å². The largest absolute Gasteiger partial charge is 0.478 e. The molecule has 0 fully saturated rings. The molecule has 1 aromatic heterocycles. The van der Waals surface area contributed by atoms with Gasteiger partial charge in [0.15, 0.2) is 0 Å². The van der Waals surface area contributed by atoms with E-state index in [0.717, 1.165) is 8.66 Å². The first-order valence-electron chi connectivity index (χ1n) is 5.42. The number of nitrogens with one attached hydrogen (secondary N) is 1. The number of rotatable bonds is 4. The van der Waals surface area contributed by atoms with Gasteiger partial charge in [-0.25, -0.2) is 4.79 Å². The van der Waals surface area contributed by atoms with E-state index in [1.807, 2.05) is 12.1 Å². The number of halogens is 1. The average Bonchev–Trinajstić information content (AvgIpc) is 2.81. The lowest BCUT2D eigenvalue weighted by atomic mass is 10.1. The Balaban J connectivity index is 2.10. The summed E-state index contributed by atoms with van der Waals surface area (Å²) in [6.45, 7) is 0.378. The van der Waals surface area contributed by atoms with E-state index in [0.29, 0.717) is 6.54 Å². The number of hydrogen-bond acceptors (Lipinski definition) is 3. The number of amides is 1. The summed E-state index contributed by atoms with van der Waals surface area (Å²) in [5.74, 6) is -1.49. The lowest BCUT2D eigenvalue weighted by molar-refractivity contribution is 0.0691. The van der Waals surface area contributed by atoms with E-state index < -0.39 is 5.97 Å². The van der Waals surface area contributed by atoms with Gasteiger partial charge in [0.25, 0.3) is 5.91 Å². The first-order chi connectivity index (χ1) is 9.08. The predicted molar refractivity (Wildman–Crippen MR) is 76.6 cm³/mol. The molecule has 0 radical (unpaired) electrons. The van der Waals surface area contributed by atoms with Gasteiger partial charge in [-0.1, -0.05) is 12.1 Å². The van der Waals surface area contributed by atoms with Crippen LogP contribution in [0, 0.1) is 0 Å². The van der Waals surface area contributed by atoms with Crippen LogP contribution in [0.15, 0.2) is 40.2 Å². The molecule has 0 aliphatic rings. The van der Waals surface area contributed by atoms with Crippen molar-refractivity contribution < 1.29 is 14.7 Å². The molecule has 1 heterocycles. The SMILES string of the molecule is O=C(O)c1ccccc1C(=O)NCc1ccc(Br)s1. The van der Waals surface area contributed by atoms with Crippen LogP contribution < -0.4 is 5.32 Å². The quantitative estimate of drug-likeness (QED) is 0.899. The fourth-order valence-corrected chi connectivity index (χ4v) is 3.00. The van der Waals surface area contributed by atoms with Crippen molar-refractivity contribution in [1.82, 2.24) is 5.32 Å². The Morgan fingerprint density at radius 2 is 1.84 bits per heavy atom. The van der Waals surface area contributed by atoms with Crippen molar-refractivity contribution in [1.29, 1.82) is 0 Å². The summed E-state index contributed by atoms with van der Waals surface area (Å²) in [6.07, 6.45) is 0. The Hall–Kier alpha value is -1.66. The summed E-state index contributed by atoms with van der Waals surface area (Å²) in [4.78, 5) is 24.0. The number of carbonyl (C=O) groups is 2. The summed E-state index contributed by atoms with van der Waals surface area (Å²) >= 11 is 4.86. The molecule has 1 amide bonds. The maximum Gasteiger partial charge on any atom is 0.336 e. The average molecular weight is 340 g/mol. The van der Waals surface area contributed by atoms with Crippen molar-refractivity contribution in [3.8, 4) is 0 Å². The molecule has 0 unspecified atom stereocenters. The Morgan fingerprint density at radius 3 is 2.42 bits per heavy atom. The second kappa shape index (κ2) is 5.99. The maximum absolute atomic E-state index is 12.0. The summed E-state index contributed by atoms with van der Waals surface area (Å²) in [5, 5.41) is 11.7. The van der Waals surface area contributed by atoms with Crippen LogP contribution in [0.3, 0.4) is 0 Å². The van der Waals surface area contributed by atoms with Crippen LogP contribution in [-0.2, 0) is 6.54 Å². The van der Waals surface area contributed by atoms with Gasteiger partial charge in [0.05, 0.1) is 21.5 Å². The number of carbonyl (C=O) groups excluding carboxylic acids is 1. The van der Waals surface area contributed by atoms with Gasteiger partial charge in [-0.15, -0.1) is 11.3 Å². The van der Waals surface area contributed by atoms with Crippen LogP contribution in [0.1, 0.15) is 25.6 Å². The van der Waals surface area contributed by atoms with E-state index in [4.69, 9.17) is 5.11 Å². The van der Waals surface area contributed by atoms with Crippen molar-refractivity contribution >= 4 is 39.1 Å². The highest BCUT2D eigenvalue weighted by Crippen LogP contribution is 2.21.